The van der Waals surface area contributed by atoms with Crippen LogP contribution >= 0.6 is 0 Å². The first-order valence-corrected chi connectivity index (χ1v) is 7.99. The molecule has 5 heteroatoms. The minimum Gasteiger partial charge on any atom is -0.329 e. The summed E-state index contributed by atoms with van der Waals surface area (Å²) in [5.74, 6) is -0.111. The summed E-state index contributed by atoms with van der Waals surface area (Å²) < 4.78 is 0. The van der Waals surface area contributed by atoms with Gasteiger partial charge in [0.15, 0.2) is 0 Å². The molecule has 3 amide bonds. The monoisotopic (exact) mass is 318 g/mol. The third-order valence-corrected chi connectivity index (χ3v) is 4.01. The quantitative estimate of drug-likeness (QED) is 0.712. The highest BCUT2D eigenvalue weighted by atomic mass is 16.2. The topological polar surface area (TPSA) is 66.5 Å². The molecule has 1 N–H and O–H groups in total. The summed E-state index contributed by atoms with van der Waals surface area (Å²) in [7, 11) is 0. The van der Waals surface area contributed by atoms with E-state index < -0.39 is 11.9 Å². The first-order valence-electron chi connectivity index (χ1n) is 7.99. The van der Waals surface area contributed by atoms with E-state index in [0.29, 0.717) is 31.7 Å². The Morgan fingerprint density at radius 3 is 2.52 bits per heavy atom. The summed E-state index contributed by atoms with van der Waals surface area (Å²) in [6.45, 7) is 8.51. The van der Waals surface area contributed by atoms with Crippen LogP contribution in [0.5, 0.6) is 0 Å². The number of hydrogen-bond donors (Lipinski definition) is 1. The van der Waals surface area contributed by atoms with Gasteiger partial charge in [-0.3, -0.25) is 19.7 Å². The van der Waals surface area contributed by atoms with E-state index in [0.717, 1.165) is 17.5 Å². The van der Waals surface area contributed by atoms with Crippen LogP contribution in [0.4, 0.5) is 0 Å². The maximum atomic E-state index is 12.1. The van der Waals surface area contributed by atoms with Gasteiger partial charge in [-0.15, -0.1) is 0 Å². The molecule has 1 atom stereocenters. The number of imide groups is 1. The maximum Gasteiger partial charge on any atom is 0.249 e. The van der Waals surface area contributed by atoms with Gasteiger partial charge in [0, 0.05) is 6.54 Å². The number of hydrogen-bond acceptors (Lipinski definition) is 3. The van der Waals surface area contributed by atoms with Crippen molar-refractivity contribution in [2.75, 3.05) is 0 Å². The average molecular weight is 318 g/mol. The normalized spacial score (nSPS) is 11.9. The summed E-state index contributed by atoms with van der Waals surface area (Å²) in [6.07, 6.45) is 2.32. The Morgan fingerprint density at radius 1 is 1.30 bits per heavy atom. The Morgan fingerprint density at radius 2 is 2.00 bits per heavy atom. The molecule has 0 heterocycles. The minimum atomic E-state index is -0.637. The molecular formula is C18H26N2O3. The summed E-state index contributed by atoms with van der Waals surface area (Å²) in [6, 6.07) is 5.42. The van der Waals surface area contributed by atoms with Crippen molar-refractivity contribution in [3.05, 3.63) is 34.9 Å². The number of carbonyl (C=O) groups is 3. The lowest BCUT2D eigenvalue weighted by molar-refractivity contribution is -0.135. The van der Waals surface area contributed by atoms with Crippen molar-refractivity contribution in [1.82, 2.24) is 10.2 Å². The Balaban J connectivity index is 3.13. The molecule has 5 nitrogen and oxygen atoms in total. The largest absolute Gasteiger partial charge is 0.329 e. The van der Waals surface area contributed by atoms with Gasteiger partial charge in [0.05, 0.1) is 0 Å². The summed E-state index contributed by atoms with van der Waals surface area (Å²) in [4.78, 5) is 35.7. The number of benzene rings is 1. The van der Waals surface area contributed by atoms with Crippen LogP contribution in [0.2, 0.25) is 0 Å². The molecular weight excluding hydrogens is 292 g/mol. The lowest BCUT2D eigenvalue weighted by Crippen LogP contribution is -2.45. The van der Waals surface area contributed by atoms with Crippen LogP contribution in [0, 0.1) is 6.92 Å². The molecule has 0 saturated heterocycles. The van der Waals surface area contributed by atoms with E-state index in [1.54, 1.807) is 0 Å². The fraction of sp³-hybridized carbons (Fsp3) is 0.500. The molecule has 0 saturated carbocycles. The highest BCUT2D eigenvalue weighted by Gasteiger charge is 2.25. The zero-order chi connectivity index (χ0) is 17.4. The van der Waals surface area contributed by atoms with Gasteiger partial charge in [0.25, 0.3) is 0 Å². The summed E-state index contributed by atoms with van der Waals surface area (Å²) in [5.41, 5.74) is 3.33. The molecule has 0 aliphatic rings. The zero-order valence-electron chi connectivity index (χ0n) is 14.3. The molecule has 1 aromatic rings. The SMILES string of the molecule is CCCC(C(=O)NC=O)N(C=O)Cc1c(C)cccc1C(C)C. The zero-order valence-corrected chi connectivity index (χ0v) is 14.3. The fourth-order valence-corrected chi connectivity index (χ4v) is 2.76. The van der Waals surface area contributed by atoms with Crippen LogP contribution in [-0.2, 0) is 20.9 Å². The first kappa shape index (κ1) is 18.9. The third kappa shape index (κ3) is 4.91. The predicted molar refractivity (Wildman–Crippen MR) is 89.8 cm³/mol. The molecule has 23 heavy (non-hydrogen) atoms. The van der Waals surface area contributed by atoms with E-state index in [-0.39, 0.29) is 0 Å². The van der Waals surface area contributed by atoms with E-state index in [1.165, 1.54) is 10.5 Å². The lowest BCUT2D eigenvalue weighted by Gasteiger charge is -2.28. The van der Waals surface area contributed by atoms with Crippen LogP contribution < -0.4 is 5.32 Å². The van der Waals surface area contributed by atoms with Crippen molar-refractivity contribution in [3.63, 3.8) is 0 Å². The number of nitrogens with zero attached hydrogens (tertiary/aromatic N) is 1. The van der Waals surface area contributed by atoms with Gasteiger partial charge in [0.2, 0.25) is 18.7 Å². The lowest BCUT2D eigenvalue weighted by atomic mass is 9.93. The Hall–Kier alpha value is -2.17. The van der Waals surface area contributed by atoms with Gasteiger partial charge in [-0.25, -0.2) is 0 Å². The van der Waals surface area contributed by atoms with Gasteiger partial charge < -0.3 is 4.90 Å². The van der Waals surface area contributed by atoms with E-state index in [4.69, 9.17) is 0 Å². The minimum absolute atomic E-state index is 0.326. The molecule has 1 unspecified atom stereocenters. The third-order valence-electron chi connectivity index (χ3n) is 4.01. The van der Waals surface area contributed by atoms with Gasteiger partial charge in [0.1, 0.15) is 6.04 Å². The number of rotatable bonds is 9. The van der Waals surface area contributed by atoms with Gasteiger partial charge in [-0.1, -0.05) is 45.4 Å². The highest BCUT2D eigenvalue weighted by molar-refractivity contribution is 5.91. The predicted octanol–water partition coefficient (Wildman–Crippen LogP) is 2.52. The number of carbonyl (C=O) groups excluding carboxylic acids is 3. The number of aryl methyl sites for hydroxylation is 1. The summed E-state index contributed by atoms with van der Waals surface area (Å²) in [5, 5.41) is 2.16. The number of amides is 3. The second-order valence-electron chi connectivity index (χ2n) is 6.01. The number of nitrogens with one attached hydrogen (secondary N) is 1. The molecule has 0 aliphatic heterocycles. The van der Waals surface area contributed by atoms with Crippen molar-refractivity contribution in [3.8, 4) is 0 Å². The van der Waals surface area contributed by atoms with Crippen molar-refractivity contribution in [2.45, 2.75) is 59.0 Å². The van der Waals surface area contributed by atoms with Crippen molar-refractivity contribution in [2.24, 2.45) is 0 Å². The van der Waals surface area contributed by atoms with Gasteiger partial charge >= 0.3 is 0 Å². The first-order chi connectivity index (χ1) is 11.0. The van der Waals surface area contributed by atoms with Crippen LogP contribution in [-0.4, -0.2) is 29.7 Å². The smallest absolute Gasteiger partial charge is 0.249 e. The van der Waals surface area contributed by atoms with Crippen LogP contribution in [0.25, 0.3) is 0 Å². The molecule has 0 radical (unpaired) electrons. The van der Waals surface area contributed by atoms with Gasteiger partial charge in [-0.05, 0) is 36.0 Å². The highest BCUT2D eigenvalue weighted by Crippen LogP contribution is 2.24. The van der Waals surface area contributed by atoms with Crippen molar-refractivity contribution in [1.29, 1.82) is 0 Å². The molecule has 0 spiro atoms. The standard InChI is InChI=1S/C18H26N2O3/c1-5-7-17(18(23)19-11-21)20(12-22)10-16-14(4)8-6-9-15(16)13(2)3/h6,8-9,11-13,17H,5,7,10H2,1-4H3,(H,19,21,23). The molecule has 0 fully saturated rings. The van der Waals surface area contributed by atoms with Gasteiger partial charge in [-0.2, -0.15) is 0 Å². The van der Waals surface area contributed by atoms with Crippen molar-refractivity contribution >= 4 is 18.7 Å². The summed E-state index contributed by atoms with van der Waals surface area (Å²) >= 11 is 0. The molecule has 1 rings (SSSR count). The second-order valence-corrected chi connectivity index (χ2v) is 6.01. The Kier molecular flexibility index (Phi) is 7.45. The van der Waals surface area contributed by atoms with E-state index >= 15 is 0 Å². The average Bonchev–Trinajstić information content (AvgIpc) is 2.51. The molecule has 0 bridgehead atoms. The molecule has 126 valence electrons. The van der Waals surface area contributed by atoms with Crippen molar-refractivity contribution < 1.29 is 14.4 Å². The van der Waals surface area contributed by atoms with E-state index in [2.05, 4.69) is 25.2 Å². The molecule has 1 aromatic carbocycles. The van der Waals surface area contributed by atoms with Crippen LogP contribution in [0.1, 0.15) is 56.2 Å². The Bertz CT molecular complexity index is 555. The Labute approximate surface area is 138 Å². The van der Waals surface area contributed by atoms with Crippen LogP contribution in [0.3, 0.4) is 0 Å². The maximum absolute atomic E-state index is 12.1. The van der Waals surface area contributed by atoms with E-state index in [1.807, 2.05) is 26.0 Å². The molecule has 0 aliphatic carbocycles. The van der Waals surface area contributed by atoms with E-state index in [9.17, 15) is 14.4 Å². The van der Waals surface area contributed by atoms with Crippen LogP contribution in [0.15, 0.2) is 18.2 Å². The fourth-order valence-electron chi connectivity index (χ4n) is 2.76. The second kappa shape index (κ2) is 9.08. The molecule has 0 aromatic heterocycles.